The van der Waals surface area contributed by atoms with E-state index >= 15 is 0 Å². The van der Waals surface area contributed by atoms with Crippen LogP contribution in [-0.4, -0.2) is 54.8 Å². The number of hydrogen-bond donors (Lipinski definition) is 0. The summed E-state index contributed by atoms with van der Waals surface area (Å²) >= 11 is 0. The number of aldehydes is 1. The van der Waals surface area contributed by atoms with Gasteiger partial charge in [-0.2, -0.15) is 0 Å². The number of aryl methyl sites for hydroxylation is 1. The first kappa shape index (κ1) is 19.3. The maximum absolute atomic E-state index is 12.4. The zero-order chi connectivity index (χ0) is 20.1. The molecule has 28 heavy (non-hydrogen) atoms. The van der Waals surface area contributed by atoms with Gasteiger partial charge in [0.25, 0.3) is 11.6 Å². The van der Waals surface area contributed by atoms with Crippen LogP contribution in [-0.2, 0) is 4.79 Å². The van der Waals surface area contributed by atoms with E-state index in [-0.39, 0.29) is 23.8 Å². The fourth-order valence-corrected chi connectivity index (χ4v) is 3.17. The van der Waals surface area contributed by atoms with Crippen LogP contribution in [0.15, 0.2) is 42.5 Å². The highest BCUT2D eigenvalue weighted by atomic mass is 16.6. The summed E-state index contributed by atoms with van der Waals surface area (Å²) in [5, 5.41) is 11.3. The van der Waals surface area contributed by atoms with Gasteiger partial charge in [0.15, 0.2) is 6.61 Å². The molecule has 0 aromatic heterocycles. The van der Waals surface area contributed by atoms with Gasteiger partial charge in [0.1, 0.15) is 17.7 Å². The minimum absolute atomic E-state index is 0.0440. The van der Waals surface area contributed by atoms with Crippen LogP contribution in [0.25, 0.3) is 0 Å². The Balaban J connectivity index is 1.59. The zero-order valence-corrected chi connectivity index (χ0v) is 15.5. The van der Waals surface area contributed by atoms with Gasteiger partial charge in [-0.1, -0.05) is 12.1 Å². The van der Waals surface area contributed by atoms with Crippen molar-refractivity contribution in [1.82, 2.24) is 4.90 Å². The first-order valence-corrected chi connectivity index (χ1v) is 8.94. The molecule has 0 N–H and O–H groups in total. The molecule has 0 bridgehead atoms. The molecule has 0 unspecified atom stereocenters. The molecule has 0 radical (unpaired) electrons. The van der Waals surface area contributed by atoms with Crippen molar-refractivity contribution in [2.45, 2.75) is 6.92 Å². The third-order valence-electron chi connectivity index (χ3n) is 4.66. The Hall–Kier alpha value is -3.42. The Labute approximate surface area is 162 Å². The normalized spacial score (nSPS) is 13.9. The van der Waals surface area contributed by atoms with Crippen molar-refractivity contribution in [3.8, 4) is 5.75 Å². The summed E-state index contributed by atoms with van der Waals surface area (Å²) < 4.78 is 5.56. The molecule has 146 valence electrons. The summed E-state index contributed by atoms with van der Waals surface area (Å²) in [6.07, 6.45) is 0.585. The van der Waals surface area contributed by atoms with Crippen LogP contribution >= 0.6 is 0 Å². The fourth-order valence-electron chi connectivity index (χ4n) is 3.17. The van der Waals surface area contributed by atoms with Crippen LogP contribution in [0, 0.1) is 17.0 Å². The highest BCUT2D eigenvalue weighted by molar-refractivity contribution is 5.80. The summed E-state index contributed by atoms with van der Waals surface area (Å²) in [6.45, 7) is 3.74. The number of hydrogen-bond acceptors (Lipinski definition) is 6. The summed E-state index contributed by atoms with van der Waals surface area (Å²) in [6, 6.07) is 11.9. The number of nitrogens with zero attached hydrogens (tertiary/aromatic N) is 3. The second-order valence-corrected chi connectivity index (χ2v) is 6.60. The maximum atomic E-state index is 12.4. The Morgan fingerprint density at radius 3 is 2.57 bits per heavy atom. The topological polar surface area (TPSA) is 93.0 Å². The number of carbonyl (C=O) groups excluding carboxylic acids is 2. The number of rotatable bonds is 6. The van der Waals surface area contributed by atoms with Crippen molar-refractivity contribution in [2.24, 2.45) is 0 Å². The van der Waals surface area contributed by atoms with Crippen LogP contribution in [0.3, 0.4) is 0 Å². The smallest absolute Gasteiger partial charge is 0.293 e. The van der Waals surface area contributed by atoms with Gasteiger partial charge in [0, 0.05) is 37.8 Å². The predicted octanol–water partition coefficient (Wildman–Crippen LogP) is 2.44. The molecule has 8 heteroatoms. The quantitative estimate of drug-likeness (QED) is 0.432. The largest absolute Gasteiger partial charge is 0.484 e. The van der Waals surface area contributed by atoms with Crippen LogP contribution in [0.2, 0.25) is 0 Å². The Bertz CT molecular complexity index is 891. The van der Waals surface area contributed by atoms with Gasteiger partial charge in [-0.25, -0.2) is 0 Å². The molecule has 0 spiro atoms. The molecular weight excluding hydrogens is 362 g/mol. The first-order chi connectivity index (χ1) is 13.5. The van der Waals surface area contributed by atoms with E-state index in [4.69, 9.17) is 4.74 Å². The van der Waals surface area contributed by atoms with Crippen LogP contribution < -0.4 is 9.64 Å². The van der Waals surface area contributed by atoms with E-state index in [1.54, 1.807) is 23.1 Å². The minimum Gasteiger partial charge on any atom is -0.484 e. The van der Waals surface area contributed by atoms with Crippen molar-refractivity contribution in [3.05, 3.63) is 63.7 Å². The third-order valence-corrected chi connectivity index (χ3v) is 4.66. The lowest BCUT2D eigenvalue weighted by Gasteiger charge is -2.35. The second kappa shape index (κ2) is 8.51. The molecule has 1 saturated heterocycles. The van der Waals surface area contributed by atoms with Gasteiger partial charge in [-0.3, -0.25) is 19.7 Å². The van der Waals surface area contributed by atoms with Gasteiger partial charge in [0.2, 0.25) is 0 Å². The van der Waals surface area contributed by atoms with E-state index in [1.807, 2.05) is 30.0 Å². The number of benzene rings is 2. The second-order valence-electron chi connectivity index (χ2n) is 6.60. The number of nitro groups is 1. The Morgan fingerprint density at radius 2 is 1.93 bits per heavy atom. The highest BCUT2D eigenvalue weighted by Crippen LogP contribution is 2.29. The number of nitro benzene ring substituents is 1. The lowest BCUT2D eigenvalue weighted by molar-refractivity contribution is -0.384. The van der Waals surface area contributed by atoms with Crippen molar-refractivity contribution in [1.29, 1.82) is 0 Å². The molecule has 1 heterocycles. The minimum atomic E-state index is -0.491. The van der Waals surface area contributed by atoms with E-state index in [2.05, 4.69) is 0 Å². The summed E-state index contributed by atoms with van der Waals surface area (Å²) in [7, 11) is 0. The number of piperazine rings is 1. The molecule has 1 aliphatic rings. The monoisotopic (exact) mass is 383 g/mol. The fraction of sp³-hybridized carbons (Fsp3) is 0.300. The number of amides is 1. The molecule has 8 nitrogen and oxygen atoms in total. The van der Waals surface area contributed by atoms with E-state index in [0.717, 1.165) is 5.56 Å². The third kappa shape index (κ3) is 4.46. The van der Waals surface area contributed by atoms with E-state index in [9.17, 15) is 19.7 Å². The van der Waals surface area contributed by atoms with Crippen LogP contribution in [0.4, 0.5) is 11.4 Å². The van der Waals surface area contributed by atoms with Gasteiger partial charge < -0.3 is 14.5 Å². The van der Waals surface area contributed by atoms with E-state index < -0.39 is 4.92 Å². The van der Waals surface area contributed by atoms with Crippen molar-refractivity contribution >= 4 is 23.6 Å². The molecular formula is C20H21N3O5. The molecule has 2 aromatic rings. The number of ether oxygens (including phenoxy) is 1. The first-order valence-electron chi connectivity index (χ1n) is 8.94. The average Bonchev–Trinajstić information content (AvgIpc) is 2.71. The molecule has 1 aliphatic heterocycles. The summed E-state index contributed by atoms with van der Waals surface area (Å²) in [4.78, 5) is 37.7. The molecule has 0 aliphatic carbocycles. The van der Waals surface area contributed by atoms with Gasteiger partial charge in [0.05, 0.1) is 4.92 Å². The van der Waals surface area contributed by atoms with Gasteiger partial charge in [-0.15, -0.1) is 0 Å². The van der Waals surface area contributed by atoms with Crippen LogP contribution in [0.1, 0.15) is 15.9 Å². The average molecular weight is 383 g/mol. The number of carbonyl (C=O) groups is 2. The lowest BCUT2D eigenvalue weighted by atomic mass is 10.1. The number of anilines is 1. The van der Waals surface area contributed by atoms with E-state index in [0.29, 0.717) is 43.9 Å². The SMILES string of the molecule is Cc1cccc(OCC(=O)N2CCN(c3ccc(C=O)cc3[N+](=O)[O-])CC2)c1. The van der Waals surface area contributed by atoms with E-state index in [1.165, 1.54) is 6.07 Å². The highest BCUT2D eigenvalue weighted by Gasteiger charge is 2.26. The summed E-state index contributed by atoms with van der Waals surface area (Å²) in [5.74, 6) is 0.532. The zero-order valence-electron chi connectivity index (χ0n) is 15.5. The van der Waals surface area contributed by atoms with Crippen molar-refractivity contribution < 1.29 is 19.2 Å². The standard InChI is InChI=1S/C20H21N3O5/c1-15-3-2-4-17(11-15)28-14-20(25)22-9-7-21(8-10-22)18-6-5-16(13-24)12-19(18)23(26)27/h2-6,11-13H,7-10,14H2,1H3. The Kier molecular flexibility index (Phi) is 5.88. The Morgan fingerprint density at radius 1 is 1.18 bits per heavy atom. The summed E-state index contributed by atoms with van der Waals surface area (Å²) in [5.41, 5.74) is 1.67. The molecule has 1 amide bonds. The van der Waals surface area contributed by atoms with Gasteiger partial charge in [-0.05, 0) is 36.8 Å². The van der Waals surface area contributed by atoms with Crippen molar-refractivity contribution in [3.63, 3.8) is 0 Å². The molecule has 3 rings (SSSR count). The predicted molar refractivity (Wildman–Crippen MR) is 104 cm³/mol. The maximum Gasteiger partial charge on any atom is 0.293 e. The molecule has 0 saturated carbocycles. The molecule has 2 aromatic carbocycles. The van der Waals surface area contributed by atoms with Crippen molar-refractivity contribution in [2.75, 3.05) is 37.7 Å². The molecule has 1 fully saturated rings. The van der Waals surface area contributed by atoms with Crippen LogP contribution in [0.5, 0.6) is 5.75 Å². The lowest BCUT2D eigenvalue weighted by Crippen LogP contribution is -2.50. The van der Waals surface area contributed by atoms with Gasteiger partial charge >= 0.3 is 0 Å². The molecule has 0 atom stereocenters.